The number of anilines is 1. The van der Waals surface area contributed by atoms with Gasteiger partial charge in [-0.1, -0.05) is 31.5 Å². The van der Waals surface area contributed by atoms with Crippen LogP contribution in [0.4, 0.5) is 5.69 Å². The van der Waals surface area contributed by atoms with Gasteiger partial charge in [0.2, 0.25) is 5.91 Å². The second kappa shape index (κ2) is 7.75. The van der Waals surface area contributed by atoms with Crippen LogP contribution < -0.4 is 5.32 Å². The predicted molar refractivity (Wildman–Crippen MR) is 92.3 cm³/mol. The fraction of sp³-hybridized carbons (Fsp3) is 0.611. The molecule has 0 aromatic heterocycles. The maximum atomic E-state index is 12.2. The Morgan fingerprint density at radius 2 is 1.68 bits per heavy atom. The number of hydrogen-bond acceptors (Lipinski definition) is 3. The first-order valence-corrected chi connectivity index (χ1v) is 7.99. The molecule has 124 valence electrons. The van der Waals surface area contributed by atoms with Crippen LogP contribution in [-0.4, -0.2) is 41.7 Å². The largest absolute Gasteiger partial charge is 0.389 e. The third-order valence-electron chi connectivity index (χ3n) is 4.24. The third kappa shape index (κ3) is 5.11. The Kier molecular flexibility index (Phi) is 6.57. The molecule has 0 spiro atoms. The Labute approximate surface area is 134 Å². The number of nitrogens with one attached hydrogen (secondary N) is 1. The maximum absolute atomic E-state index is 12.2. The topological polar surface area (TPSA) is 52.6 Å². The number of carbonyl (C=O) groups is 1. The fourth-order valence-corrected chi connectivity index (χ4v) is 2.83. The zero-order valence-electron chi connectivity index (χ0n) is 14.8. The van der Waals surface area contributed by atoms with Crippen LogP contribution in [0.2, 0.25) is 0 Å². The molecule has 1 aromatic rings. The summed E-state index contributed by atoms with van der Waals surface area (Å²) in [5, 5.41) is 13.3. The van der Waals surface area contributed by atoms with Crippen molar-refractivity contribution in [3.8, 4) is 0 Å². The van der Waals surface area contributed by atoms with Gasteiger partial charge in [-0.2, -0.15) is 0 Å². The van der Waals surface area contributed by atoms with Crippen LogP contribution in [0.3, 0.4) is 0 Å². The highest BCUT2D eigenvalue weighted by molar-refractivity contribution is 5.93. The zero-order chi connectivity index (χ0) is 16.9. The molecule has 0 aliphatic carbocycles. The van der Waals surface area contributed by atoms with Crippen LogP contribution in [0.1, 0.15) is 43.4 Å². The lowest BCUT2D eigenvalue weighted by Gasteiger charge is -2.30. The summed E-state index contributed by atoms with van der Waals surface area (Å²) >= 11 is 0. The molecule has 0 saturated heterocycles. The molecule has 2 N–H and O–H groups in total. The normalized spacial score (nSPS) is 11.8. The second-order valence-electron chi connectivity index (χ2n) is 6.43. The number of benzene rings is 1. The number of carbonyl (C=O) groups excluding carboxylic acids is 1. The van der Waals surface area contributed by atoms with Gasteiger partial charge in [-0.05, 0) is 51.8 Å². The highest BCUT2D eigenvalue weighted by Gasteiger charge is 2.24. The molecule has 0 aliphatic rings. The monoisotopic (exact) mass is 306 g/mol. The third-order valence-corrected chi connectivity index (χ3v) is 4.24. The Morgan fingerprint density at radius 3 is 2.14 bits per heavy atom. The smallest absolute Gasteiger partial charge is 0.238 e. The molecule has 0 heterocycles. The second-order valence-corrected chi connectivity index (χ2v) is 6.43. The maximum Gasteiger partial charge on any atom is 0.238 e. The summed E-state index contributed by atoms with van der Waals surface area (Å²) in [7, 11) is 1.87. The number of aliphatic hydroxyl groups is 1. The molecule has 0 radical (unpaired) electrons. The van der Waals surface area contributed by atoms with Crippen molar-refractivity contribution in [2.45, 2.75) is 53.1 Å². The van der Waals surface area contributed by atoms with E-state index in [1.54, 1.807) is 0 Å². The van der Waals surface area contributed by atoms with E-state index < -0.39 is 5.60 Å². The van der Waals surface area contributed by atoms with Crippen LogP contribution >= 0.6 is 0 Å². The molecule has 1 rings (SSSR count). The van der Waals surface area contributed by atoms with Gasteiger partial charge in [0.25, 0.3) is 0 Å². The Balaban J connectivity index is 2.67. The fourth-order valence-electron chi connectivity index (χ4n) is 2.83. The van der Waals surface area contributed by atoms with E-state index in [4.69, 9.17) is 0 Å². The molecule has 0 aliphatic heterocycles. The summed E-state index contributed by atoms with van der Waals surface area (Å²) in [4.78, 5) is 14.1. The van der Waals surface area contributed by atoms with Gasteiger partial charge in [-0.25, -0.2) is 0 Å². The van der Waals surface area contributed by atoms with E-state index >= 15 is 0 Å². The van der Waals surface area contributed by atoms with Crippen LogP contribution in [-0.2, 0) is 4.79 Å². The number of likely N-dealkylation sites (N-methyl/N-ethyl adjacent to an activating group) is 1. The van der Waals surface area contributed by atoms with Crippen LogP contribution in [0.25, 0.3) is 0 Å². The highest BCUT2D eigenvalue weighted by Crippen LogP contribution is 2.22. The lowest BCUT2D eigenvalue weighted by Crippen LogP contribution is -2.43. The van der Waals surface area contributed by atoms with Crippen LogP contribution in [0.15, 0.2) is 12.1 Å². The number of rotatable bonds is 7. The number of aryl methyl sites for hydroxylation is 3. The predicted octanol–water partition coefficient (Wildman–Crippen LogP) is 3.03. The van der Waals surface area contributed by atoms with Crippen molar-refractivity contribution < 1.29 is 9.90 Å². The van der Waals surface area contributed by atoms with E-state index in [-0.39, 0.29) is 12.5 Å². The average molecular weight is 306 g/mol. The summed E-state index contributed by atoms with van der Waals surface area (Å²) in [6.45, 7) is 10.8. The summed E-state index contributed by atoms with van der Waals surface area (Å²) in [5.74, 6) is -0.0490. The minimum Gasteiger partial charge on any atom is -0.389 e. The average Bonchev–Trinajstić information content (AvgIpc) is 2.42. The SMILES string of the molecule is CCC(O)(CC)CN(C)CC(=O)Nc1c(C)cc(C)cc1C. The van der Waals surface area contributed by atoms with Crippen molar-refractivity contribution in [1.29, 1.82) is 0 Å². The highest BCUT2D eigenvalue weighted by atomic mass is 16.3. The quantitative estimate of drug-likeness (QED) is 0.814. The standard InChI is InChI=1S/C18H30N2O2/c1-7-18(22,8-2)12-20(6)11-16(21)19-17-14(4)9-13(3)10-15(17)5/h9-10,22H,7-8,11-12H2,1-6H3,(H,19,21). The van der Waals surface area contributed by atoms with Gasteiger partial charge in [0.15, 0.2) is 0 Å². The molecular weight excluding hydrogens is 276 g/mol. The van der Waals surface area contributed by atoms with Crippen molar-refractivity contribution in [3.05, 3.63) is 28.8 Å². The molecule has 4 nitrogen and oxygen atoms in total. The van der Waals surface area contributed by atoms with E-state index in [2.05, 4.69) is 24.4 Å². The Hall–Kier alpha value is -1.39. The van der Waals surface area contributed by atoms with Crippen molar-refractivity contribution in [2.75, 3.05) is 25.5 Å². The Morgan fingerprint density at radius 1 is 1.18 bits per heavy atom. The van der Waals surface area contributed by atoms with Gasteiger partial charge in [-0.15, -0.1) is 0 Å². The van der Waals surface area contributed by atoms with Gasteiger partial charge < -0.3 is 10.4 Å². The molecule has 0 saturated carbocycles. The summed E-state index contributed by atoms with van der Waals surface area (Å²) in [5.41, 5.74) is 3.52. The summed E-state index contributed by atoms with van der Waals surface area (Å²) in [6.07, 6.45) is 1.37. The van der Waals surface area contributed by atoms with Crippen molar-refractivity contribution in [2.24, 2.45) is 0 Å². The molecule has 0 atom stereocenters. The molecule has 4 heteroatoms. The van der Waals surface area contributed by atoms with Gasteiger partial charge in [-0.3, -0.25) is 9.69 Å². The molecular formula is C18H30N2O2. The van der Waals surface area contributed by atoms with E-state index in [9.17, 15) is 9.90 Å². The molecule has 0 bridgehead atoms. The van der Waals surface area contributed by atoms with Crippen LogP contribution in [0.5, 0.6) is 0 Å². The number of amides is 1. The summed E-state index contributed by atoms with van der Waals surface area (Å²) < 4.78 is 0. The van der Waals surface area contributed by atoms with Gasteiger partial charge in [0.05, 0.1) is 12.1 Å². The van der Waals surface area contributed by atoms with E-state index in [1.165, 1.54) is 5.56 Å². The van der Waals surface area contributed by atoms with E-state index in [1.807, 2.05) is 39.6 Å². The molecule has 0 unspecified atom stereocenters. The first-order chi connectivity index (χ1) is 10.2. The van der Waals surface area contributed by atoms with Gasteiger partial charge in [0, 0.05) is 12.2 Å². The minimum atomic E-state index is -0.718. The minimum absolute atomic E-state index is 0.0490. The number of hydrogen-bond donors (Lipinski definition) is 2. The lowest BCUT2D eigenvalue weighted by atomic mass is 9.97. The first-order valence-electron chi connectivity index (χ1n) is 7.99. The Bertz CT molecular complexity index is 499. The lowest BCUT2D eigenvalue weighted by molar-refractivity contribution is -0.117. The van der Waals surface area contributed by atoms with Crippen molar-refractivity contribution in [1.82, 2.24) is 4.90 Å². The molecule has 1 aromatic carbocycles. The van der Waals surface area contributed by atoms with E-state index in [0.29, 0.717) is 19.4 Å². The van der Waals surface area contributed by atoms with Crippen molar-refractivity contribution in [3.63, 3.8) is 0 Å². The molecule has 22 heavy (non-hydrogen) atoms. The number of nitrogens with zero attached hydrogens (tertiary/aromatic N) is 1. The first kappa shape index (κ1) is 18.7. The zero-order valence-corrected chi connectivity index (χ0v) is 14.8. The molecule has 0 fully saturated rings. The molecule has 1 amide bonds. The van der Waals surface area contributed by atoms with Gasteiger partial charge in [0.1, 0.15) is 0 Å². The van der Waals surface area contributed by atoms with Crippen molar-refractivity contribution >= 4 is 11.6 Å². The van der Waals surface area contributed by atoms with E-state index in [0.717, 1.165) is 16.8 Å². The van der Waals surface area contributed by atoms with Crippen LogP contribution in [0, 0.1) is 20.8 Å². The van der Waals surface area contributed by atoms with Gasteiger partial charge >= 0.3 is 0 Å². The summed E-state index contributed by atoms with van der Waals surface area (Å²) in [6, 6.07) is 4.14.